The lowest BCUT2D eigenvalue weighted by Gasteiger charge is -2.16. The summed E-state index contributed by atoms with van der Waals surface area (Å²) in [7, 11) is 0. The van der Waals surface area contributed by atoms with Gasteiger partial charge in [0, 0.05) is 0 Å². The molecule has 0 atom stereocenters. The van der Waals surface area contributed by atoms with Crippen molar-refractivity contribution in [2.75, 3.05) is 5.73 Å². The molecule has 0 spiro atoms. The summed E-state index contributed by atoms with van der Waals surface area (Å²) in [5, 5.41) is 0. The van der Waals surface area contributed by atoms with Crippen molar-refractivity contribution in [1.29, 1.82) is 0 Å². The normalized spacial score (nSPS) is 14.2. The Morgan fingerprint density at radius 3 is 2.45 bits per heavy atom. The van der Waals surface area contributed by atoms with Crippen LogP contribution in [0.4, 0.5) is 5.95 Å². The van der Waals surface area contributed by atoms with Crippen LogP contribution in [0.2, 0.25) is 0 Å². The Bertz CT molecular complexity index is 828. The van der Waals surface area contributed by atoms with E-state index in [0.717, 1.165) is 12.1 Å². The van der Waals surface area contributed by atoms with Gasteiger partial charge in [-0.1, -0.05) is 29.8 Å². The first kappa shape index (κ1) is 13.4. The number of fused-ring (bicyclic) bond motifs is 2. The van der Waals surface area contributed by atoms with Crippen LogP contribution in [-0.4, -0.2) is 9.55 Å². The molecule has 2 N–H and O–H groups in total. The van der Waals surface area contributed by atoms with E-state index < -0.39 is 0 Å². The van der Waals surface area contributed by atoms with E-state index in [-0.39, 0.29) is 0 Å². The van der Waals surface area contributed by atoms with E-state index in [4.69, 9.17) is 5.73 Å². The quantitative estimate of drug-likeness (QED) is 0.779. The number of hydrogen-bond donors (Lipinski definition) is 1. The Hall–Kier alpha value is -2.29. The highest BCUT2D eigenvalue weighted by Gasteiger charge is 2.15. The predicted octanol–water partition coefficient (Wildman–Crippen LogP) is 3.85. The Balaban J connectivity index is 1.79. The van der Waals surface area contributed by atoms with E-state index in [9.17, 15) is 0 Å². The summed E-state index contributed by atoms with van der Waals surface area (Å²) >= 11 is 0. The van der Waals surface area contributed by atoms with Crippen molar-refractivity contribution in [3.63, 3.8) is 0 Å². The number of imidazole rings is 1. The maximum absolute atomic E-state index is 6.18. The topological polar surface area (TPSA) is 43.8 Å². The summed E-state index contributed by atoms with van der Waals surface area (Å²) in [6, 6.07) is 13.2. The van der Waals surface area contributed by atoms with Crippen LogP contribution < -0.4 is 5.73 Å². The number of nitrogens with zero attached hydrogens (tertiary/aromatic N) is 2. The van der Waals surface area contributed by atoms with Crippen molar-refractivity contribution in [1.82, 2.24) is 9.55 Å². The lowest BCUT2D eigenvalue weighted by Crippen LogP contribution is -2.06. The van der Waals surface area contributed by atoms with Gasteiger partial charge in [-0.3, -0.25) is 0 Å². The molecule has 0 radical (unpaired) electrons. The summed E-state index contributed by atoms with van der Waals surface area (Å²) in [4.78, 5) is 4.58. The van der Waals surface area contributed by atoms with E-state index in [1.165, 1.54) is 53.5 Å². The number of rotatable bonds is 2. The van der Waals surface area contributed by atoms with Crippen molar-refractivity contribution < 1.29 is 0 Å². The number of nitrogen functional groups attached to an aromatic ring is 1. The second-order valence-corrected chi connectivity index (χ2v) is 6.36. The second-order valence-electron chi connectivity index (χ2n) is 6.36. The van der Waals surface area contributed by atoms with Gasteiger partial charge in [0.25, 0.3) is 0 Å². The standard InChI is InChI=1S/C19H21N3/c1-13-6-8-14(9-7-13)12-22-18-11-16-5-3-2-4-15(16)10-17(18)21-19(22)20/h6-11H,2-5,12H2,1H3,(H2,20,21). The van der Waals surface area contributed by atoms with Crippen molar-refractivity contribution >= 4 is 17.0 Å². The van der Waals surface area contributed by atoms with Gasteiger partial charge >= 0.3 is 0 Å². The van der Waals surface area contributed by atoms with E-state index in [1.54, 1.807) is 0 Å². The first-order valence-electron chi connectivity index (χ1n) is 8.04. The molecular formula is C19H21N3. The molecule has 1 heterocycles. The van der Waals surface area contributed by atoms with Crippen LogP contribution in [0.3, 0.4) is 0 Å². The van der Waals surface area contributed by atoms with Gasteiger partial charge in [0.1, 0.15) is 0 Å². The SMILES string of the molecule is Cc1ccc(Cn2c(N)nc3cc4c(cc32)CCCC4)cc1. The maximum Gasteiger partial charge on any atom is 0.201 e. The van der Waals surface area contributed by atoms with Crippen molar-refractivity contribution in [2.24, 2.45) is 0 Å². The number of anilines is 1. The molecule has 0 saturated carbocycles. The average molecular weight is 291 g/mol. The Morgan fingerprint density at radius 2 is 1.73 bits per heavy atom. The van der Waals surface area contributed by atoms with Crippen molar-refractivity contribution in [2.45, 2.75) is 39.2 Å². The fourth-order valence-electron chi connectivity index (χ4n) is 3.41. The molecule has 0 bridgehead atoms. The molecule has 112 valence electrons. The molecule has 3 heteroatoms. The first-order chi connectivity index (χ1) is 10.7. The minimum atomic E-state index is 0.609. The Labute approximate surface area is 130 Å². The Kier molecular flexibility index (Phi) is 3.14. The van der Waals surface area contributed by atoms with Crippen LogP contribution >= 0.6 is 0 Å². The van der Waals surface area contributed by atoms with Crippen LogP contribution in [0.5, 0.6) is 0 Å². The lowest BCUT2D eigenvalue weighted by molar-refractivity contribution is 0.686. The van der Waals surface area contributed by atoms with Gasteiger partial charge in [-0.25, -0.2) is 4.98 Å². The molecule has 1 aliphatic rings. The second kappa shape index (κ2) is 5.16. The highest BCUT2D eigenvalue weighted by Crippen LogP contribution is 2.28. The molecular weight excluding hydrogens is 270 g/mol. The summed E-state index contributed by atoms with van der Waals surface area (Å²) in [6.07, 6.45) is 4.94. The van der Waals surface area contributed by atoms with Gasteiger partial charge in [0.2, 0.25) is 5.95 Å². The fraction of sp³-hybridized carbons (Fsp3) is 0.316. The van der Waals surface area contributed by atoms with E-state index in [0.29, 0.717) is 5.95 Å². The van der Waals surface area contributed by atoms with Crippen LogP contribution in [0.15, 0.2) is 36.4 Å². The zero-order chi connectivity index (χ0) is 15.1. The molecule has 1 aromatic heterocycles. The summed E-state index contributed by atoms with van der Waals surface area (Å²) < 4.78 is 2.13. The van der Waals surface area contributed by atoms with Gasteiger partial charge in [0.15, 0.2) is 0 Å². The fourth-order valence-corrected chi connectivity index (χ4v) is 3.41. The molecule has 1 aliphatic carbocycles. The molecule has 3 nitrogen and oxygen atoms in total. The third kappa shape index (κ3) is 2.27. The van der Waals surface area contributed by atoms with E-state index >= 15 is 0 Å². The van der Waals surface area contributed by atoms with Crippen LogP contribution in [-0.2, 0) is 19.4 Å². The third-order valence-electron chi connectivity index (χ3n) is 4.70. The highest BCUT2D eigenvalue weighted by molar-refractivity contribution is 5.80. The first-order valence-corrected chi connectivity index (χ1v) is 8.04. The molecule has 4 rings (SSSR count). The van der Waals surface area contributed by atoms with E-state index in [1.807, 2.05) is 0 Å². The maximum atomic E-state index is 6.18. The van der Waals surface area contributed by atoms with Gasteiger partial charge in [-0.05, 0) is 61.4 Å². The predicted molar refractivity (Wildman–Crippen MR) is 91.1 cm³/mol. The summed E-state index contributed by atoms with van der Waals surface area (Å²) in [5.74, 6) is 0.609. The molecule has 0 aliphatic heterocycles. The minimum Gasteiger partial charge on any atom is -0.369 e. The zero-order valence-corrected chi connectivity index (χ0v) is 13.0. The molecule has 0 fully saturated rings. The van der Waals surface area contributed by atoms with Gasteiger partial charge in [0.05, 0.1) is 17.6 Å². The number of benzene rings is 2. The number of aromatic nitrogens is 2. The van der Waals surface area contributed by atoms with Crippen LogP contribution in [0.25, 0.3) is 11.0 Å². The van der Waals surface area contributed by atoms with Gasteiger partial charge in [-0.15, -0.1) is 0 Å². The van der Waals surface area contributed by atoms with Crippen molar-refractivity contribution in [3.8, 4) is 0 Å². The molecule has 3 aromatic rings. The summed E-state index contributed by atoms with van der Waals surface area (Å²) in [6.45, 7) is 2.89. The molecule has 2 aromatic carbocycles. The van der Waals surface area contributed by atoms with Crippen LogP contribution in [0.1, 0.15) is 35.1 Å². The highest BCUT2D eigenvalue weighted by atomic mass is 15.1. The molecule has 0 saturated heterocycles. The van der Waals surface area contributed by atoms with Gasteiger partial charge < -0.3 is 10.3 Å². The van der Waals surface area contributed by atoms with E-state index in [2.05, 4.69) is 52.9 Å². The number of hydrogen-bond acceptors (Lipinski definition) is 2. The van der Waals surface area contributed by atoms with Crippen molar-refractivity contribution in [3.05, 3.63) is 58.7 Å². The van der Waals surface area contributed by atoms with Crippen LogP contribution in [0, 0.1) is 6.92 Å². The monoisotopic (exact) mass is 291 g/mol. The average Bonchev–Trinajstić information content (AvgIpc) is 2.82. The lowest BCUT2D eigenvalue weighted by atomic mass is 9.91. The third-order valence-corrected chi connectivity index (χ3v) is 4.70. The minimum absolute atomic E-state index is 0.609. The van der Waals surface area contributed by atoms with Gasteiger partial charge in [-0.2, -0.15) is 0 Å². The molecule has 0 amide bonds. The smallest absolute Gasteiger partial charge is 0.201 e. The molecule has 22 heavy (non-hydrogen) atoms. The summed E-state index contributed by atoms with van der Waals surface area (Å²) in [5.41, 5.74) is 13.9. The number of aryl methyl sites for hydroxylation is 3. The largest absolute Gasteiger partial charge is 0.369 e. The molecule has 0 unspecified atom stereocenters. The zero-order valence-electron chi connectivity index (χ0n) is 13.0. The number of nitrogens with two attached hydrogens (primary N) is 1. The Morgan fingerprint density at radius 1 is 1.05 bits per heavy atom.